The van der Waals surface area contributed by atoms with Crippen LogP contribution in [0.3, 0.4) is 0 Å². The number of hydrogen-bond acceptors (Lipinski definition) is 2. The lowest BCUT2D eigenvalue weighted by Gasteiger charge is -2.18. The number of hydrogen-bond donors (Lipinski definition) is 1. The molecule has 0 aliphatic heterocycles. The number of alkyl halides is 3. The largest absolute Gasteiger partial charge is 0.390 e. The molecule has 0 rings (SSSR count). The van der Waals surface area contributed by atoms with Crippen LogP contribution in [0.4, 0.5) is 13.2 Å². The van der Waals surface area contributed by atoms with Crippen molar-refractivity contribution < 1.29 is 18.0 Å². The van der Waals surface area contributed by atoms with E-state index in [1.54, 1.807) is 0 Å². The maximum absolute atomic E-state index is 11.9. The molecule has 0 aromatic rings. The van der Waals surface area contributed by atoms with Gasteiger partial charge >= 0.3 is 6.18 Å². The Morgan fingerprint density at radius 2 is 1.88 bits per heavy atom. The number of rotatable bonds is 7. The van der Waals surface area contributed by atoms with Gasteiger partial charge in [-0.15, -0.1) is 0 Å². The zero-order chi connectivity index (χ0) is 12.6. The first-order valence-corrected chi connectivity index (χ1v) is 5.37. The van der Waals surface area contributed by atoms with Crippen molar-refractivity contribution in [2.45, 2.75) is 38.3 Å². The van der Waals surface area contributed by atoms with Gasteiger partial charge in [0.2, 0.25) is 5.91 Å². The number of carbonyl (C=O) groups excluding carboxylic acids is 1. The summed E-state index contributed by atoms with van der Waals surface area (Å²) in [6.07, 6.45) is -2.47. The minimum absolute atomic E-state index is 0.235. The van der Waals surface area contributed by atoms with Crippen molar-refractivity contribution in [3.05, 3.63) is 0 Å². The first-order valence-electron chi connectivity index (χ1n) is 5.37. The highest BCUT2D eigenvalue weighted by atomic mass is 19.4. The smallest absolute Gasteiger partial charge is 0.345 e. The molecule has 96 valence electrons. The fourth-order valence-corrected chi connectivity index (χ4v) is 1.21. The van der Waals surface area contributed by atoms with Gasteiger partial charge in [-0.2, -0.15) is 13.2 Å². The molecule has 0 aromatic heterocycles. The molecule has 0 saturated carbocycles. The summed E-state index contributed by atoms with van der Waals surface area (Å²) in [6.45, 7) is 0.317. The molecule has 2 N–H and O–H groups in total. The molecular weight excluding hydrogens is 221 g/mol. The van der Waals surface area contributed by atoms with Crippen molar-refractivity contribution in [1.29, 1.82) is 0 Å². The molecule has 0 spiro atoms. The van der Waals surface area contributed by atoms with E-state index in [9.17, 15) is 18.0 Å². The van der Waals surface area contributed by atoms with Gasteiger partial charge in [0.15, 0.2) is 0 Å². The maximum Gasteiger partial charge on any atom is 0.390 e. The van der Waals surface area contributed by atoms with Gasteiger partial charge < -0.3 is 10.6 Å². The molecule has 1 amide bonds. The molecule has 0 aromatic carbocycles. The van der Waals surface area contributed by atoms with Gasteiger partial charge in [0.25, 0.3) is 0 Å². The predicted molar refractivity (Wildman–Crippen MR) is 55.8 cm³/mol. The second-order valence-corrected chi connectivity index (χ2v) is 3.78. The van der Waals surface area contributed by atoms with Crippen LogP contribution in [0, 0.1) is 0 Å². The van der Waals surface area contributed by atoms with Crippen molar-refractivity contribution in [2.75, 3.05) is 20.1 Å². The lowest BCUT2D eigenvalue weighted by Crippen LogP contribution is -2.30. The van der Waals surface area contributed by atoms with Crippen LogP contribution in [0.5, 0.6) is 0 Å². The quantitative estimate of drug-likeness (QED) is 0.691. The molecule has 0 aliphatic carbocycles. The van der Waals surface area contributed by atoms with E-state index in [4.69, 9.17) is 5.73 Å². The fraction of sp³-hybridized carbons (Fsp3) is 0.900. The summed E-state index contributed by atoms with van der Waals surface area (Å²) < 4.78 is 35.6. The Bertz CT molecular complexity index is 207. The average Bonchev–Trinajstić information content (AvgIpc) is 2.19. The van der Waals surface area contributed by atoms with Crippen molar-refractivity contribution in [1.82, 2.24) is 4.90 Å². The van der Waals surface area contributed by atoms with E-state index in [1.807, 2.05) is 0 Å². The molecule has 0 bridgehead atoms. The second-order valence-electron chi connectivity index (χ2n) is 3.78. The van der Waals surface area contributed by atoms with Crippen molar-refractivity contribution in [3.63, 3.8) is 0 Å². The summed E-state index contributed by atoms with van der Waals surface area (Å²) >= 11 is 0. The summed E-state index contributed by atoms with van der Waals surface area (Å²) in [5.41, 5.74) is 5.28. The maximum atomic E-state index is 11.9. The van der Waals surface area contributed by atoms with E-state index in [0.717, 1.165) is 17.7 Å². The Morgan fingerprint density at radius 1 is 1.25 bits per heavy atom. The monoisotopic (exact) mass is 240 g/mol. The number of halogens is 3. The van der Waals surface area contributed by atoms with E-state index in [2.05, 4.69) is 0 Å². The Morgan fingerprint density at radius 3 is 2.38 bits per heavy atom. The standard InChI is InChI=1S/C10H19F3N2O/c1-15(8-6-10(11,12)13)9(16)5-3-2-4-7-14/h2-8,14H2,1H3. The normalized spacial score (nSPS) is 11.6. The van der Waals surface area contributed by atoms with Crippen LogP contribution in [-0.4, -0.2) is 37.1 Å². The number of nitrogens with two attached hydrogens (primary N) is 1. The van der Waals surface area contributed by atoms with Gasteiger partial charge in [0.05, 0.1) is 6.42 Å². The van der Waals surface area contributed by atoms with Crippen LogP contribution in [0.25, 0.3) is 0 Å². The average molecular weight is 240 g/mol. The molecule has 0 atom stereocenters. The predicted octanol–water partition coefficient (Wildman–Crippen LogP) is 1.92. The third kappa shape index (κ3) is 8.52. The molecule has 0 aliphatic rings. The van der Waals surface area contributed by atoms with Crippen LogP contribution >= 0.6 is 0 Å². The van der Waals surface area contributed by atoms with E-state index >= 15 is 0 Å². The third-order valence-electron chi connectivity index (χ3n) is 2.25. The topological polar surface area (TPSA) is 46.3 Å². The molecular formula is C10H19F3N2O. The van der Waals surface area contributed by atoms with Crippen molar-refractivity contribution in [3.8, 4) is 0 Å². The molecule has 0 fully saturated rings. The Labute approximate surface area is 93.8 Å². The zero-order valence-electron chi connectivity index (χ0n) is 9.52. The summed E-state index contributed by atoms with van der Waals surface area (Å²) in [6, 6.07) is 0. The van der Waals surface area contributed by atoms with Gasteiger partial charge in [-0.25, -0.2) is 0 Å². The lowest BCUT2D eigenvalue weighted by atomic mass is 10.2. The third-order valence-corrected chi connectivity index (χ3v) is 2.25. The van der Waals surface area contributed by atoms with E-state index in [0.29, 0.717) is 19.4 Å². The van der Waals surface area contributed by atoms with Crippen LogP contribution in [-0.2, 0) is 4.79 Å². The lowest BCUT2D eigenvalue weighted by molar-refractivity contribution is -0.144. The molecule has 0 heterocycles. The van der Waals surface area contributed by atoms with Crippen molar-refractivity contribution in [2.24, 2.45) is 5.73 Å². The summed E-state index contributed by atoms with van der Waals surface area (Å²) in [5, 5.41) is 0. The highest BCUT2D eigenvalue weighted by Gasteiger charge is 2.27. The molecule has 0 radical (unpaired) electrons. The molecule has 0 saturated heterocycles. The van der Waals surface area contributed by atoms with Crippen LogP contribution in [0.1, 0.15) is 32.1 Å². The highest BCUT2D eigenvalue weighted by molar-refractivity contribution is 5.75. The highest BCUT2D eigenvalue weighted by Crippen LogP contribution is 2.19. The van der Waals surface area contributed by atoms with E-state index < -0.39 is 12.6 Å². The zero-order valence-corrected chi connectivity index (χ0v) is 9.52. The second kappa shape index (κ2) is 7.49. The molecule has 0 unspecified atom stereocenters. The molecule has 3 nitrogen and oxygen atoms in total. The van der Waals surface area contributed by atoms with Crippen molar-refractivity contribution >= 4 is 5.91 Å². The Hall–Kier alpha value is -0.780. The van der Waals surface area contributed by atoms with Crippen LogP contribution < -0.4 is 5.73 Å². The summed E-state index contributed by atoms with van der Waals surface area (Å²) in [5.74, 6) is -0.235. The van der Waals surface area contributed by atoms with E-state index in [1.165, 1.54) is 7.05 Å². The van der Waals surface area contributed by atoms with Gasteiger partial charge in [0, 0.05) is 20.0 Å². The summed E-state index contributed by atoms with van der Waals surface area (Å²) in [4.78, 5) is 12.5. The van der Waals surface area contributed by atoms with Gasteiger partial charge in [-0.1, -0.05) is 6.42 Å². The number of unbranched alkanes of at least 4 members (excludes halogenated alkanes) is 2. The minimum Gasteiger partial charge on any atom is -0.345 e. The SMILES string of the molecule is CN(CCC(F)(F)F)C(=O)CCCCCN. The number of carbonyl (C=O) groups is 1. The first-order chi connectivity index (χ1) is 7.37. The fourth-order valence-electron chi connectivity index (χ4n) is 1.21. The van der Waals surface area contributed by atoms with Crippen LogP contribution in [0.15, 0.2) is 0 Å². The van der Waals surface area contributed by atoms with E-state index in [-0.39, 0.29) is 12.5 Å². The Balaban J connectivity index is 3.65. The van der Waals surface area contributed by atoms with Gasteiger partial charge in [-0.3, -0.25) is 4.79 Å². The molecule has 6 heteroatoms. The first kappa shape index (κ1) is 15.2. The minimum atomic E-state index is -4.20. The Kier molecular flexibility index (Phi) is 7.12. The summed E-state index contributed by atoms with van der Waals surface area (Å²) in [7, 11) is 1.40. The number of nitrogens with zero attached hydrogens (tertiary/aromatic N) is 1. The number of amides is 1. The molecule has 16 heavy (non-hydrogen) atoms. The van der Waals surface area contributed by atoms with Crippen LogP contribution in [0.2, 0.25) is 0 Å². The van der Waals surface area contributed by atoms with Gasteiger partial charge in [0.1, 0.15) is 0 Å². The van der Waals surface area contributed by atoms with Gasteiger partial charge in [-0.05, 0) is 19.4 Å².